The maximum absolute atomic E-state index is 12.2. The van der Waals surface area contributed by atoms with Crippen LogP contribution in [0.2, 0.25) is 0 Å². The van der Waals surface area contributed by atoms with Gasteiger partial charge >= 0.3 is 11.9 Å². The number of hydrogen-bond acceptors (Lipinski definition) is 8. The zero-order valence-corrected chi connectivity index (χ0v) is 14.3. The van der Waals surface area contributed by atoms with E-state index in [1.807, 2.05) is 0 Å². The van der Waals surface area contributed by atoms with E-state index in [2.05, 4.69) is 4.74 Å². The first kappa shape index (κ1) is 18.3. The summed E-state index contributed by atoms with van der Waals surface area (Å²) in [6.45, 7) is -0.0186. The average Bonchev–Trinajstić information content (AvgIpc) is 2.70. The second-order valence-electron chi connectivity index (χ2n) is 5.61. The summed E-state index contributed by atoms with van der Waals surface area (Å²) in [6, 6.07) is 8.42. The summed E-state index contributed by atoms with van der Waals surface area (Å²) < 4.78 is 20.4. The van der Waals surface area contributed by atoms with Crippen LogP contribution in [0.4, 0.5) is 5.69 Å². The van der Waals surface area contributed by atoms with E-state index in [-0.39, 0.29) is 31.3 Å². The molecule has 140 valence electrons. The Morgan fingerprint density at radius 1 is 1.15 bits per heavy atom. The number of carbonyl (C=O) groups is 2. The molecule has 27 heavy (non-hydrogen) atoms. The Kier molecular flexibility index (Phi) is 5.32. The molecule has 0 aromatic heterocycles. The molecular weight excluding hydrogens is 358 g/mol. The summed E-state index contributed by atoms with van der Waals surface area (Å²) in [5, 5.41) is 11.1. The molecule has 3 rings (SSSR count). The van der Waals surface area contributed by atoms with Gasteiger partial charge in [-0.3, -0.25) is 10.1 Å². The van der Waals surface area contributed by atoms with Crippen molar-refractivity contribution in [1.29, 1.82) is 0 Å². The topological polar surface area (TPSA) is 114 Å². The third kappa shape index (κ3) is 4.04. The Balaban J connectivity index is 1.76. The number of fused-ring (bicyclic) bond motifs is 1. The predicted octanol–water partition coefficient (Wildman–Crippen LogP) is 2.60. The molecule has 9 heteroatoms. The van der Waals surface area contributed by atoms with Gasteiger partial charge in [-0.15, -0.1) is 0 Å². The normalized spacial score (nSPS) is 12.5. The highest BCUT2D eigenvalue weighted by Gasteiger charge is 2.22. The minimum atomic E-state index is -0.640. The highest BCUT2D eigenvalue weighted by atomic mass is 16.7. The fraction of sp³-hybridized carbons (Fsp3) is 0.222. The van der Waals surface area contributed by atoms with Crippen LogP contribution in [0, 0.1) is 10.1 Å². The first-order valence-electron chi connectivity index (χ1n) is 7.86. The Morgan fingerprint density at radius 3 is 2.44 bits per heavy atom. The van der Waals surface area contributed by atoms with Gasteiger partial charge in [0.15, 0.2) is 6.79 Å². The molecule has 0 saturated heterocycles. The number of nitro benzene ring substituents is 1. The molecular formula is C18H15NO8. The van der Waals surface area contributed by atoms with E-state index >= 15 is 0 Å². The lowest BCUT2D eigenvalue weighted by atomic mass is 10.1. The van der Waals surface area contributed by atoms with E-state index in [4.69, 9.17) is 14.2 Å². The number of carbonyl (C=O) groups excluding carboxylic acids is 2. The van der Waals surface area contributed by atoms with Crippen LogP contribution >= 0.6 is 0 Å². The van der Waals surface area contributed by atoms with E-state index in [9.17, 15) is 19.7 Å². The smallest absolute Gasteiger partial charge is 0.338 e. The Hall–Kier alpha value is -3.46. The van der Waals surface area contributed by atoms with Gasteiger partial charge in [0.2, 0.25) is 0 Å². The summed E-state index contributed by atoms with van der Waals surface area (Å²) in [5.74, 6) is -0.739. The lowest BCUT2D eigenvalue weighted by Crippen LogP contribution is -2.15. The van der Waals surface area contributed by atoms with Gasteiger partial charge in [-0.2, -0.15) is 0 Å². The van der Waals surface area contributed by atoms with Crippen molar-refractivity contribution < 1.29 is 33.5 Å². The number of non-ortho nitro benzene ring substituents is 1. The lowest BCUT2D eigenvalue weighted by molar-refractivity contribution is -0.385. The van der Waals surface area contributed by atoms with Crippen molar-refractivity contribution in [2.24, 2.45) is 0 Å². The molecule has 2 aromatic rings. The summed E-state index contributed by atoms with van der Waals surface area (Å²) in [6.07, 6.45) is 0. The number of methoxy groups -OCH3 is 1. The van der Waals surface area contributed by atoms with Crippen LogP contribution in [0.25, 0.3) is 0 Å². The zero-order chi connectivity index (χ0) is 19.4. The number of rotatable bonds is 5. The molecule has 0 N–H and O–H groups in total. The summed E-state index contributed by atoms with van der Waals surface area (Å²) >= 11 is 0. The van der Waals surface area contributed by atoms with Crippen molar-refractivity contribution in [1.82, 2.24) is 0 Å². The third-order valence-electron chi connectivity index (χ3n) is 3.88. The molecule has 0 atom stereocenters. The number of ether oxygens (including phenoxy) is 4. The highest BCUT2D eigenvalue weighted by molar-refractivity contribution is 5.93. The summed E-state index contributed by atoms with van der Waals surface area (Å²) in [4.78, 5) is 34.2. The van der Waals surface area contributed by atoms with Gasteiger partial charge in [0.1, 0.15) is 12.4 Å². The first-order valence-corrected chi connectivity index (χ1v) is 7.86. The van der Waals surface area contributed by atoms with Gasteiger partial charge in [0.05, 0.1) is 29.8 Å². The SMILES string of the molecule is COC(=O)c1ccc(C(=O)OCc2cc([N+](=O)[O-])cc3c2OCOC3)cc1. The molecule has 0 spiro atoms. The van der Waals surface area contributed by atoms with E-state index in [1.54, 1.807) is 0 Å². The maximum atomic E-state index is 12.2. The molecule has 0 bridgehead atoms. The largest absolute Gasteiger partial charge is 0.467 e. The van der Waals surface area contributed by atoms with Crippen molar-refractivity contribution in [3.05, 3.63) is 68.8 Å². The lowest BCUT2D eigenvalue weighted by Gasteiger charge is -2.20. The second kappa shape index (κ2) is 7.83. The van der Waals surface area contributed by atoms with Gasteiger partial charge in [0.25, 0.3) is 5.69 Å². The maximum Gasteiger partial charge on any atom is 0.338 e. The third-order valence-corrected chi connectivity index (χ3v) is 3.88. The Labute approximate surface area is 153 Å². The summed E-state index contributed by atoms with van der Waals surface area (Å²) in [5.41, 5.74) is 1.28. The minimum Gasteiger partial charge on any atom is -0.467 e. The van der Waals surface area contributed by atoms with E-state index in [0.29, 0.717) is 22.4 Å². The van der Waals surface area contributed by atoms with Crippen LogP contribution in [0.15, 0.2) is 36.4 Å². The fourth-order valence-electron chi connectivity index (χ4n) is 2.58. The molecule has 2 aromatic carbocycles. The standard InChI is InChI=1S/C18H15NO8/c1-24-17(20)11-2-4-12(5-3-11)18(21)26-9-14-7-15(19(22)23)6-13-8-25-10-27-16(13)14/h2-7H,8-10H2,1H3. The van der Waals surface area contributed by atoms with Crippen LogP contribution < -0.4 is 4.74 Å². The van der Waals surface area contributed by atoms with Crippen molar-refractivity contribution >= 4 is 17.6 Å². The van der Waals surface area contributed by atoms with Gasteiger partial charge in [-0.25, -0.2) is 9.59 Å². The van der Waals surface area contributed by atoms with Gasteiger partial charge in [0, 0.05) is 23.3 Å². The molecule has 9 nitrogen and oxygen atoms in total. The van der Waals surface area contributed by atoms with Crippen molar-refractivity contribution in [3.63, 3.8) is 0 Å². The molecule has 0 aliphatic carbocycles. The molecule has 1 aliphatic rings. The predicted molar refractivity (Wildman–Crippen MR) is 90.3 cm³/mol. The van der Waals surface area contributed by atoms with Crippen LogP contribution in [0.3, 0.4) is 0 Å². The number of benzene rings is 2. The molecule has 0 unspecified atom stereocenters. The molecule has 1 aliphatic heterocycles. The molecule has 1 heterocycles. The number of nitro groups is 1. The van der Waals surface area contributed by atoms with E-state index in [1.165, 1.54) is 43.5 Å². The second-order valence-corrected chi connectivity index (χ2v) is 5.61. The molecule has 0 radical (unpaired) electrons. The van der Waals surface area contributed by atoms with E-state index < -0.39 is 16.9 Å². The quantitative estimate of drug-likeness (QED) is 0.446. The average molecular weight is 373 g/mol. The summed E-state index contributed by atoms with van der Waals surface area (Å²) in [7, 11) is 1.26. The molecule has 0 amide bonds. The van der Waals surface area contributed by atoms with Crippen molar-refractivity contribution in [2.45, 2.75) is 13.2 Å². The molecule has 0 saturated carbocycles. The van der Waals surface area contributed by atoms with E-state index in [0.717, 1.165) is 0 Å². The Bertz CT molecular complexity index is 891. The van der Waals surface area contributed by atoms with Crippen LogP contribution in [0.5, 0.6) is 5.75 Å². The number of hydrogen-bond donors (Lipinski definition) is 0. The van der Waals surface area contributed by atoms with Gasteiger partial charge in [-0.1, -0.05) is 0 Å². The monoisotopic (exact) mass is 373 g/mol. The van der Waals surface area contributed by atoms with Crippen LogP contribution in [0.1, 0.15) is 31.8 Å². The zero-order valence-electron chi connectivity index (χ0n) is 14.3. The number of esters is 2. The fourth-order valence-corrected chi connectivity index (χ4v) is 2.58. The van der Waals surface area contributed by atoms with Crippen LogP contribution in [-0.4, -0.2) is 30.8 Å². The molecule has 0 fully saturated rings. The van der Waals surface area contributed by atoms with Gasteiger partial charge < -0.3 is 18.9 Å². The minimum absolute atomic E-state index is 0.0146. The Morgan fingerprint density at radius 2 is 1.81 bits per heavy atom. The van der Waals surface area contributed by atoms with Crippen molar-refractivity contribution in [3.8, 4) is 5.75 Å². The van der Waals surface area contributed by atoms with Crippen LogP contribution in [-0.2, 0) is 27.4 Å². The first-order chi connectivity index (χ1) is 13.0. The number of nitrogens with zero attached hydrogens (tertiary/aromatic N) is 1. The van der Waals surface area contributed by atoms with Gasteiger partial charge in [-0.05, 0) is 24.3 Å². The highest BCUT2D eigenvalue weighted by Crippen LogP contribution is 2.33. The van der Waals surface area contributed by atoms with Crippen molar-refractivity contribution in [2.75, 3.05) is 13.9 Å².